The molecule has 2 aliphatic heterocycles. The lowest BCUT2D eigenvalue weighted by Crippen LogP contribution is -2.52. The van der Waals surface area contributed by atoms with Gasteiger partial charge in [0.1, 0.15) is 0 Å². The van der Waals surface area contributed by atoms with E-state index in [1.807, 2.05) is 41.4 Å². The van der Waals surface area contributed by atoms with Crippen LogP contribution in [0.3, 0.4) is 0 Å². The number of likely N-dealkylation sites (N-methyl/N-ethyl adjacent to an activating group) is 1. The first-order chi connectivity index (χ1) is 15.3. The van der Waals surface area contributed by atoms with Crippen LogP contribution in [-0.4, -0.2) is 86.7 Å². The molecule has 0 spiro atoms. The number of nitrogens with one attached hydrogen (secondary N) is 1. The quantitative estimate of drug-likeness (QED) is 0.553. The van der Waals surface area contributed by atoms with Crippen LogP contribution >= 0.6 is 0 Å². The molecule has 1 N–H and O–H groups in total. The lowest BCUT2D eigenvalue weighted by atomic mass is 10.0. The predicted octanol–water partition coefficient (Wildman–Crippen LogP) is 2.49. The fourth-order valence-corrected chi connectivity index (χ4v) is 5.08. The molecule has 0 bridgehead atoms. The molecule has 6 heterocycles. The summed E-state index contributed by atoms with van der Waals surface area (Å²) in [5.41, 5.74) is 6.11. The Hall–Kier alpha value is -2.97. The molecule has 0 saturated carbocycles. The van der Waals surface area contributed by atoms with E-state index in [0.717, 1.165) is 46.6 Å². The molecule has 0 atom stereocenters. The molecular formula is C23H28N8. The molecule has 2 saturated heterocycles. The Kier molecular flexibility index (Phi) is 4.61. The van der Waals surface area contributed by atoms with Gasteiger partial charge in [-0.2, -0.15) is 5.10 Å². The Morgan fingerprint density at radius 3 is 2.61 bits per heavy atom. The third-order valence-electron chi connectivity index (χ3n) is 6.97. The highest BCUT2D eigenvalue weighted by molar-refractivity contribution is 5.95. The number of pyridine rings is 1. The number of H-pyrrole nitrogens is 1. The number of hydrogen-bond donors (Lipinski definition) is 1. The van der Waals surface area contributed by atoms with Crippen LogP contribution in [0, 0.1) is 0 Å². The lowest BCUT2D eigenvalue weighted by Gasteiger charge is -2.42. The summed E-state index contributed by atoms with van der Waals surface area (Å²) in [6, 6.07) is 4.73. The van der Waals surface area contributed by atoms with Gasteiger partial charge in [-0.25, -0.2) is 9.50 Å². The highest BCUT2D eigenvalue weighted by atomic mass is 15.3. The number of aromatic nitrogens is 5. The molecule has 8 nitrogen and oxygen atoms in total. The van der Waals surface area contributed by atoms with Gasteiger partial charge in [0.25, 0.3) is 0 Å². The molecule has 4 aromatic rings. The number of piperidine rings is 1. The maximum absolute atomic E-state index is 4.81. The van der Waals surface area contributed by atoms with E-state index in [1.165, 1.54) is 39.0 Å². The maximum atomic E-state index is 4.81. The van der Waals surface area contributed by atoms with Gasteiger partial charge in [-0.1, -0.05) is 0 Å². The van der Waals surface area contributed by atoms with Crippen molar-refractivity contribution < 1.29 is 0 Å². The average molecular weight is 417 g/mol. The van der Waals surface area contributed by atoms with E-state index in [0.29, 0.717) is 6.04 Å². The normalized spacial score (nSPS) is 19.6. The van der Waals surface area contributed by atoms with Crippen molar-refractivity contribution in [3.05, 3.63) is 43.1 Å². The van der Waals surface area contributed by atoms with E-state index >= 15 is 0 Å². The second kappa shape index (κ2) is 7.62. The predicted molar refractivity (Wildman–Crippen MR) is 122 cm³/mol. The van der Waals surface area contributed by atoms with Crippen LogP contribution < -0.4 is 4.90 Å². The smallest absolute Gasteiger partial charge is 0.163 e. The highest BCUT2D eigenvalue weighted by Crippen LogP contribution is 2.30. The summed E-state index contributed by atoms with van der Waals surface area (Å²) in [7, 11) is 2.22. The van der Waals surface area contributed by atoms with Crippen molar-refractivity contribution in [2.75, 3.05) is 51.2 Å². The largest absolute Gasteiger partial charge is 0.369 e. The Balaban J connectivity index is 1.21. The average Bonchev–Trinajstić information content (AvgIpc) is 3.46. The lowest BCUT2D eigenvalue weighted by molar-refractivity contribution is 0.0982. The summed E-state index contributed by atoms with van der Waals surface area (Å²) >= 11 is 0. The molecule has 31 heavy (non-hydrogen) atoms. The second-order valence-electron chi connectivity index (χ2n) is 8.79. The van der Waals surface area contributed by atoms with Crippen molar-refractivity contribution in [1.29, 1.82) is 0 Å². The molecule has 8 heteroatoms. The van der Waals surface area contributed by atoms with Gasteiger partial charge in [0.2, 0.25) is 0 Å². The van der Waals surface area contributed by atoms with Gasteiger partial charge in [0, 0.05) is 68.8 Å². The van der Waals surface area contributed by atoms with E-state index in [1.54, 1.807) is 0 Å². The highest BCUT2D eigenvalue weighted by Gasteiger charge is 2.27. The van der Waals surface area contributed by atoms with E-state index in [-0.39, 0.29) is 0 Å². The van der Waals surface area contributed by atoms with Crippen LogP contribution in [0.15, 0.2) is 43.1 Å². The van der Waals surface area contributed by atoms with Crippen molar-refractivity contribution in [3.63, 3.8) is 0 Å². The first-order valence-electron chi connectivity index (χ1n) is 11.2. The van der Waals surface area contributed by atoms with Crippen molar-refractivity contribution >= 4 is 22.4 Å². The summed E-state index contributed by atoms with van der Waals surface area (Å²) in [6.07, 6.45) is 12.2. The number of nitrogens with zero attached hydrogens (tertiary/aromatic N) is 7. The number of aromatic amines is 1. The third kappa shape index (κ3) is 3.36. The van der Waals surface area contributed by atoms with Gasteiger partial charge in [0.05, 0.1) is 35.3 Å². The van der Waals surface area contributed by atoms with Crippen LogP contribution in [0.25, 0.3) is 27.8 Å². The fraction of sp³-hybridized carbons (Fsp3) is 0.435. The van der Waals surface area contributed by atoms with Crippen LogP contribution in [0.4, 0.5) is 5.69 Å². The molecule has 0 aromatic carbocycles. The maximum Gasteiger partial charge on any atom is 0.163 e. The van der Waals surface area contributed by atoms with E-state index in [9.17, 15) is 0 Å². The van der Waals surface area contributed by atoms with E-state index in [4.69, 9.17) is 4.98 Å². The Labute approximate surface area is 181 Å². The van der Waals surface area contributed by atoms with Gasteiger partial charge < -0.3 is 14.8 Å². The molecule has 0 unspecified atom stereocenters. The number of hydrogen-bond acceptors (Lipinski definition) is 6. The number of rotatable bonds is 3. The molecule has 0 amide bonds. The van der Waals surface area contributed by atoms with Crippen molar-refractivity contribution in [3.8, 4) is 11.1 Å². The molecule has 0 aliphatic carbocycles. The molecular weight excluding hydrogens is 388 g/mol. The van der Waals surface area contributed by atoms with Crippen LogP contribution in [0.5, 0.6) is 0 Å². The molecule has 2 aliphatic rings. The van der Waals surface area contributed by atoms with Crippen LogP contribution in [0.2, 0.25) is 0 Å². The minimum absolute atomic E-state index is 0.716. The molecule has 0 radical (unpaired) electrons. The minimum atomic E-state index is 0.716. The monoisotopic (exact) mass is 416 g/mol. The Bertz CT molecular complexity index is 1190. The van der Waals surface area contributed by atoms with E-state index < -0.39 is 0 Å². The summed E-state index contributed by atoms with van der Waals surface area (Å²) in [6.45, 7) is 6.93. The minimum Gasteiger partial charge on any atom is -0.369 e. The second-order valence-corrected chi connectivity index (χ2v) is 8.79. The summed E-state index contributed by atoms with van der Waals surface area (Å²) in [5.74, 6) is 0. The summed E-state index contributed by atoms with van der Waals surface area (Å²) < 4.78 is 1.91. The topological polar surface area (TPSA) is 68.6 Å². The number of fused-ring (bicyclic) bond motifs is 2. The van der Waals surface area contributed by atoms with Gasteiger partial charge in [-0.15, -0.1) is 0 Å². The Morgan fingerprint density at radius 2 is 1.77 bits per heavy atom. The van der Waals surface area contributed by atoms with Crippen molar-refractivity contribution in [2.24, 2.45) is 0 Å². The van der Waals surface area contributed by atoms with Gasteiger partial charge in [0.15, 0.2) is 5.65 Å². The SMILES string of the molecule is CN1CCN(C2CCN(c3cnc4c(-c5ccnc6cc[nH]c56)cnn4c3)CC2)CC1. The number of anilines is 1. The first-order valence-corrected chi connectivity index (χ1v) is 11.2. The molecule has 160 valence electrons. The third-order valence-corrected chi connectivity index (χ3v) is 6.97. The molecule has 6 rings (SSSR count). The number of piperazine rings is 1. The van der Waals surface area contributed by atoms with Gasteiger partial charge >= 0.3 is 0 Å². The fourth-order valence-electron chi connectivity index (χ4n) is 5.08. The molecule has 4 aromatic heterocycles. The van der Waals surface area contributed by atoms with E-state index in [2.05, 4.69) is 43.0 Å². The van der Waals surface area contributed by atoms with Crippen LogP contribution in [0.1, 0.15) is 12.8 Å². The zero-order chi connectivity index (χ0) is 20.8. The zero-order valence-electron chi connectivity index (χ0n) is 17.9. The summed E-state index contributed by atoms with van der Waals surface area (Å²) in [5, 5.41) is 4.62. The van der Waals surface area contributed by atoms with Gasteiger partial charge in [-0.05, 0) is 32.0 Å². The van der Waals surface area contributed by atoms with Crippen molar-refractivity contribution in [1.82, 2.24) is 34.4 Å². The molecule has 2 fully saturated rings. The Morgan fingerprint density at radius 1 is 0.935 bits per heavy atom. The van der Waals surface area contributed by atoms with Crippen molar-refractivity contribution in [2.45, 2.75) is 18.9 Å². The standard InChI is InChI=1S/C23H28N8/c1-28-10-12-30(13-11-28)17-4-8-29(9-5-17)18-14-26-23-20(15-27-31(23)16-18)19-2-6-24-21-3-7-25-22(19)21/h2-3,6-7,14-17,25H,4-5,8-13H2,1H3. The van der Waals surface area contributed by atoms with Gasteiger partial charge in [-0.3, -0.25) is 9.88 Å². The summed E-state index contributed by atoms with van der Waals surface area (Å²) in [4.78, 5) is 20.1. The van der Waals surface area contributed by atoms with Crippen LogP contribution in [-0.2, 0) is 0 Å². The zero-order valence-corrected chi connectivity index (χ0v) is 17.9. The first kappa shape index (κ1) is 18.8.